The summed E-state index contributed by atoms with van der Waals surface area (Å²) in [4.78, 5) is 18.3. The highest BCUT2D eigenvalue weighted by molar-refractivity contribution is 6.31. The minimum Gasteiger partial charge on any atom is -0.410 e. The Morgan fingerprint density at radius 1 is 1.06 bits per heavy atom. The van der Waals surface area contributed by atoms with Crippen LogP contribution < -0.4 is 10.2 Å². The molecule has 3 rings (SSSR count). The number of carbonyl (C=O) groups excluding carboxylic acids is 1. The van der Waals surface area contributed by atoms with Crippen molar-refractivity contribution in [3.05, 3.63) is 42.2 Å². The summed E-state index contributed by atoms with van der Waals surface area (Å²) in [6.07, 6.45) is 5.13. The Bertz CT molecular complexity index is 966. The molecule has 0 saturated carbocycles. The van der Waals surface area contributed by atoms with Crippen LogP contribution >= 0.6 is 0 Å². The lowest BCUT2D eigenvalue weighted by molar-refractivity contribution is -0.118. The van der Waals surface area contributed by atoms with Gasteiger partial charge in [0.1, 0.15) is 0 Å². The van der Waals surface area contributed by atoms with Gasteiger partial charge in [0.25, 0.3) is 0 Å². The van der Waals surface area contributed by atoms with E-state index in [0.717, 1.165) is 28.9 Å². The van der Waals surface area contributed by atoms with Gasteiger partial charge in [-0.05, 0) is 60.6 Å². The van der Waals surface area contributed by atoms with Crippen LogP contribution in [0.1, 0.15) is 60.5 Å². The van der Waals surface area contributed by atoms with Crippen LogP contribution in [0.2, 0.25) is 5.04 Å². The summed E-state index contributed by atoms with van der Waals surface area (Å²) in [6.45, 7) is 15.4. The van der Waals surface area contributed by atoms with Gasteiger partial charge in [0.05, 0.1) is 17.3 Å². The summed E-state index contributed by atoms with van der Waals surface area (Å²) < 4.78 is 6.40. The molecule has 1 amide bonds. The lowest BCUT2D eigenvalue weighted by Crippen LogP contribution is -2.49. The van der Waals surface area contributed by atoms with Gasteiger partial charge in [-0.15, -0.1) is 0 Å². The zero-order valence-electron chi connectivity index (χ0n) is 20.7. The molecule has 32 heavy (non-hydrogen) atoms. The number of nitrogens with zero attached hydrogens (tertiary/aromatic N) is 2. The van der Waals surface area contributed by atoms with Crippen LogP contribution in [0, 0.1) is 5.92 Å². The third-order valence-corrected chi connectivity index (χ3v) is 7.09. The number of anilines is 2. The van der Waals surface area contributed by atoms with Crippen molar-refractivity contribution in [2.75, 3.05) is 17.3 Å². The number of hydrogen-bond acceptors (Lipinski definition) is 4. The maximum absolute atomic E-state index is 12.0. The lowest BCUT2D eigenvalue weighted by atomic mass is 9.89. The van der Waals surface area contributed by atoms with Gasteiger partial charge in [-0.1, -0.05) is 40.7 Å². The van der Waals surface area contributed by atoms with Crippen LogP contribution in [-0.2, 0) is 15.6 Å². The average Bonchev–Trinajstić information content (AvgIpc) is 2.72. The highest BCUT2D eigenvalue weighted by atomic mass is 28.2. The van der Waals surface area contributed by atoms with Gasteiger partial charge in [0.15, 0.2) is 0 Å². The topological polar surface area (TPSA) is 54.5 Å². The monoisotopic (exact) mass is 451 g/mol. The molecule has 0 bridgehead atoms. The van der Waals surface area contributed by atoms with Gasteiger partial charge in [-0.2, -0.15) is 0 Å². The quantitative estimate of drug-likeness (QED) is 0.547. The first-order valence-electron chi connectivity index (χ1n) is 11.4. The number of amides is 1. The van der Waals surface area contributed by atoms with Crippen molar-refractivity contribution < 1.29 is 9.22 Å². The molecular weight excluding hydrogens is 414 g/mol. The average molecular weight is 452 g/mol. The van der Waals surface area contributed by atoms with E-state index in [-0.39, 0.29) is 22.6 Å². The van der Waals surface area contributed by atoms with E-state index < -0.39 is 0 Å². The lowest BCUT2D eigenvalue weighted by Gasteiger charge is -2.39. The summed E-state index contributed by atoms with van der Waals surface area (Å²) in [6, 6.07) is 8.60. The summed E-state index contributed by atoms with van der Waals surface area (Å²) in [5, 5.41) is 3.85. The second-order valence-electron chi connectivity index (χ2n) is 10.7. The zero-order valence-corrected chi connectivity index (χ0v) is 21.7. The van der Waals surface area contributed by atoms with Crippen molar-refractivity contribution in [3.63, 3.8) is 0 Å². The molecule has 0 aliphatic carbocycles. The first-order valence-corrected chi connectivity index (χ1v) is 12.3. The first-order chi connectivity index (χ1) is 14.9. The Kier molecular flexibility index (Phi) is 7.15. The van der Waals surface area contributed by atoms with Crippen LogP contribution in [0.5, 0.6) is 0 Å². The van der Waals surface area contributed by atoms with Crippen molar-refractivity contribution in [1.82, 2.24) is 4.98 Å². The Labute approximate surface area is 195 Å². The number of carbonyl (C=O) groups is 1. The number of pyridine rings is 1. The number of nitrogens with one attached hydrogen (secondary N) is 1. The SMILES string of the molecule is CC(C)[C@@H](Nc1cncc(-c2ccc3c(c2)CCC(=O)N3C)c1)C(C)(C)O[Si]C(C)(C)C. The predicted octanol–water partition coefficient (Wildman–Crippen LogP) is 5.73. The molecule has 2 heterocycles. The maximum Gasteiger partial charge on any atom is 0.236 e. The Morgan fingerprint density at radius 2 is 1.78 bits per heavy atom. The van der Waals surface area contributed by atoms with Crippen molar-refractivity contribution in [2.24, 2.45) is 5.92 Å². The van der Waals surface area contributed by atoms with Gasteiger partial charge in [-0.3, -0.25) is 9.78 Å². The molecule has 1 aliphatic rings. The molecule has 6 heteroatoms. The van der Waals surface area contributed by atoms with Crippen molar-refractivity contribution in [1.29, 1.82) is 0 Å². The summed E-state index contributed by atoms with van der Waals surface area (Å²) in [7, 11) is 2.28. The standard InChI is InChI=1S/C26H37N3O2Si/c1-17(2)24(26(6,7)31-32-25(3,4)5)28-21-14-20(15-27-16-21)18-9-11-22-19(13-18)10-12-23(30)29(22)8/h9,11,13-17,24,28H,10,12H2,1-8H3/t24-/m1/s1. The third-order valence-electron chi connectivity index (χ3n) is 5.85. The third kappa shape index (κ3) is 5.78. The van der Waals surface area contributed by atoms with E-state index in [0.29, 0.717) is 22.1 Å². The second-order valence-corrected chi connectivity index (χ2v) is 12.6. The van der Waals surface area contributed by atoms with Crippen molar-refractivity contribution in [3.8, 4) is 11.1 Å². The molecule has 2 aromatic rings. The Balaban J connectivity index is 1.83. The van der Waals surface area contributed by atoms with E-state index in [1.807, 2.05) is 25.5 Å². The van der Waals surface area contributed by atoms with Crippen molar-refractivity contribution in [2.45, 2.75) is 78.0 Å². The van der Waals surface area contributed by atoms with Crippen LogP contribution in [0.25, 0.3) is 11.1 Å². The van der Waals surface area contributed by atoms with E-state index in [9.17, 15) is 4.79 Å². The normalized spacial score (nSPS) is 15.7. The minimum absolute atomic E-state index is 0.137. The highest BCUT2D eigenvalue weighted by Gasteiger charge is 2.34. The molecule has 172 valence electrons. The zero-order chi connectivity index (χ0) is 23.7. The van der Waals surface area contributed by atoms with Gasteiger partial charge >= 0.3 is 0 Å². The molecule has 1 aliphatic heterocycles. The summed E-state index contributed by atoms with van der Waals surface area (Å²) in [5.74, 6) is 0.560. The van der Waals surface area contributed by atoms with E-state index >= 15 is 0 Å². The van der Waals surface area contributed by atoms with E-state index in [1.54, 1.807) is 4.90 Å². The smallest absolute Gasteiger partial charge is 0.236 e. The van der Waals surface area contributed by atoms with Crippen LogP contribution in [0.4, 0.5) is 11.4 Å². The molecule has 1 N–H and O–H groups in total. The fourth-order valence-electron chi connectivity index (χ4n) is 4.18. The molecule has 0 spiro atoms. The second kappa shape index (κ2) is 9.36. The molecule has 2 radical (unpaired) electrons. The van der Waals surface area contributed by atoms with E-state index in [2.05, 4.69) is 77.0 Å². The molecule has 5 nitrogen and oxygen atoms in total. The number of hydrogen-bond donors (Lipinski definition) is 1. The molecule has 1 aromatic carbocycles. The van der Waals surface area contributed by atoms with Gasteiger partial charge in [0.2, 0.25) is 15.7 Å². The van der Waals surface area contributed by atoms with E-state index in [4.69, 9.17) is 4.43 Å². The van der Waals surface area contributed by atoms with Gasteiger partial charge < -0.3 is 14.6 Å². The van der Waals surface area contributed by atoms with Crippen LogP contribution in [0.15, 0.2) is 36.7 Å². The minimum atomic E-state index is -0.321. The summed E-state index contributed by atoms with van der Waals surface area (Å²) >= 11 is 0. The molecule has 0 unspecified atom stereocenters. The molecule has 0 saturated heterocycles. The number of benzene rings is 1. The fourth-order valence-corrected chi connectivity index (χ4v) is 4.88. The number of aromatic nitrogens is 1. The summed E-state index contributed by atoms with van der Waals surface area (Å²) in [5.41, 5.74) is 5.07. The predicted molar refractivity (Wildman–Crippen MR) is 134 cm³/mol. The van der Waals surface area contributed by atoms with Gasteiger partial charge in [-0.25, -0.2) is 0 Å². The van der Waals surface area contributed by atoms with Crippen LogP contribution in [0.3, 0.4) is 0 Å². The Hall–Kier alpha value is -2.18. The fraction of sp³-hybridized carbons (Fsp3) is 0.538. The maximum atomic E-state index is 12.0. The number of rotatable bonds is 7. The van der Waals surface area contributed by atoms with Crippen LogP contribution in [-0.4, -0.2) is 39.3 Å². The molecule has 0 fully saturated rings. The van der Waals surface area contributed by atoms with E-state index in [1.165, 1.54) is 5.56 Å². The molecular formula is C26H37N3O2Si. The largest absolute Gasteiger partial charge is 0.410 e. The molecule has 1 atom stereocenters. The Morgan fingerprint density at radius 3 is 2.44 bits per heavy atom. The van der Waals surface area contributed by atoms with Gasteiger partial charge in [0, 0.05) is 37.1 Å². The number of fused-ring (bicyclic) bond motifs is 1. The first kappa shape index (κ1) is 24.5. The number of aryl methyl sites for hydroxylation is 1. The molecule has 1 aromatic heterocycles. The van der Waals surface area contributed by atoms with Crippen molar-refractivity contribution >= 4 is 27.0 Å². The highest BCUT2D eigenvalue weighted by Crippen LogP contribution is 2.33.